The van der Waals surface area contributed by atoms with Crippen molar-refractivity contribution in [2.75, 3.05) is 37.8 Å². The van der Waals surface area contributed by atoms with E-state index in [0.717, 1.165) is 12.3 Å². The fourth-order valence-corrected chi connectivity index (χ4v) is 1.74. The number of anilines is 2. The van der Waals surface area contributed by atoms with Crippen LogP contribution in [-0.4, -0.2) is 43.0 Å². The van der Waals surface area contributed by atoms with Crippen LogP contribution in [-0.2, 0) is 11.0 Å². The molecule has 0 bridgehead atoms. The molecule has 1 heterocycles. The quantitative estimate of drug-likeness (QED) is 0.903. The first-order valence-corrected chi connectivity index (χ1v) is 6.44. The summed E-state index contributed by atoms with van der Waals surface area (Å²) in [5.41, 5.74) is 4.99. The smallest absolute Gasteiger partial charge is 0.396 e. The molecule has 0 atom stereocenters. The van der Waals surface area contributed by atoms with Gasteiger partial charge < -0.3 is 15.5 Å². The summed E-state index contributed by atoms with van der Waals surface area (Å²) >= 11 is 0. The number of nitrogen functional groups attached to an aromatic ring is 1. The molecule has 1 rings (SSSR count). The third-order valence-corrected chi connectivity index (χ3v) is 2.86. The Kier molecular flexibility index (Phi) is 5.40. The van der Waals surface area contributed by atoms with Crippen LogP contribution in [0.5, 0.6) is 0 Å². The lowest BCUT2D eigenvalue weighted by Crippen LogP contribution is -2.37. The number of hydrogen-bond donors (Lipinski definition) is 1. The summed E-state index contributed by atoms with van der Waals surface area (Å²) in [6.07, 6.45) is -2.91. The van der Waals surface area contributed by atoms with Gasteiger partial charge >= 0.3 is 6.18 Å². The van der Waals surface area contributed by atoms with Gasteiger partial charge in [-0.15, -0.1) is 0 Å². The maximum atomic E-state index is 12.7. The second-order valence-corrected chi connectivity index (χ2v) is 4.84. The van der Waals surface area contributed by atoms with Gasteiger partial charge in [0.05, 0.1) is 24.1 Å². The summed E-state index contributed by atoms with van der Waals surface area (Å²) in [4.78, 5) is 18.0. The van der Waals surface area contributed by atoms with E-state index in [1.807, 2.05) is 6.92 Å². The molecule has 8 heteroatoms. The van der Waals surface area contributed by atoms with Crippen molar-refractivity contribution in [1.82, 2.24) is 9.88 Å². The maximum Gasteiger partial charge on any atom is 0.433 e. The Morgan fingerprint density at radius 2 is 2.00 bits per heavy atom. The molecule has 1 aromatic heterocycles. The molecule has 0 saturated carbocycles. The number of carbonyl (C=O) groups is 1. The Morgan fingerprint density at radius 3 is 2.48 bits per heavy atom. The molecule has 0 aliphatic heterocycles. The number of aromatic nitrogens is 1. The SMILES string of the molecule is CCCN(CC(=O)N(C)C)c1cc(C(F)(F)F)ncc1N. The summed E-state index contributed by atoms with van der Waals surface area (Å²) in [7, 11) is 3.17. The molecule has 0 fully saturated rings. The van der Waals surface area contributed by atoms with Crippen LogP contribution in [0.4, 0.5) is 24.5 Å². The number of rotatable bonds is 5. The van der Waals surface area contributed by atoms with Gasteiger partial charge in [-0.3, -0.25) is 4.79 Å². The Bertz CT molecular complexity index is 503. The molecule has 0 saturated heterocycles. The zero-order valence-electron chi connectivity index (χ0n) is 12.2. The van der Waals surface area contributed by atoms with E-state index in [2.05, 4.69) is 4.98 Å². The summed E-state index contributed by atoms with van der Waals surface area (Å²) in [5.74, 6) is -0.215. The van der Waals surface area contributed by atoms with Crippen LogP contribution in [0.2, 0.25) is 0 Å². The average Bonchev–Trinajstić information content (AvgIpc) is 2.37. The molecule has 0 aromatic carbocycles. The van der Waals surface area contributed by atoms with Gasteiger partial charge in [0.2, 0.25) is 5.91 Å². The number of nitrogens with zero attached hydrogens (tertiary/aromatic N) is 3. The van der Waals surface area contributed by atoms with Crippen LogP contribution >= 0.6 is 0 Å². The number of carbonyl (C=O) groups excluding carboxylic acids is 1. The number of halogens is 3. The van der Waals surface area contributed by atoms with Crippen molar-refractivity contribution in [3.63, 3.8) is 0 Å². The molecule has 0 unspecified atom stereocenters. The van der Waals surface area contributed by atoms with Gasteiger partial charge in [0.1, 0.15) is 5.69 Å². The van der Waals surface area contributed by atoms with Crippen LogP contribution in [0.25, 0.3) is 0 Å². The first kappa shape index (κ1) is 17.1. The Labute approximate surface area is 121 Å². The maximum absolute atomic E-state index is 12.7. The number of hydrogen-bond acceptors (Lipinski definition) is 4. The van der Waals surface area contributed by atoms with E-state index in [-0.39, 0.29) is 23.8 Å². The minimum Gasteiger partial charge on any atom is -0.396 e. The molecular weight excluding hydrogens is 285 g/mol. The van der Waals surface area contributed by atoms with Crippen molar-refractivity contribution in [1.29, 1.82) is 0 Å². The van der Waals surface area contributed by atoms with E-state index >= 15 is 0 Å². The molecule has 1 amide bonds. The van der Waals surface area contributed by atoms with Crippen LogP contribution in [0, 0.1) is 0 Å². The lowest BCUT2D eigenvalue weighted by molar-refractivity contribution is -0.141. The third-order valence-electron chi connectivity index (χ3n) is 2.86. The summed E-state index contributed by atoms with van der Waals surface area (Å²) in [6, 6.07) is 0.883. The lowest BCUT2D eigenvalue weighted by Gasteiger charge is -2.27. The first-order valence-electron chi connectivity index (χ1n) is 6.44. The Balaban J connectivity index is 3.15. The van der Waals surface area contributed by atoms with E-state index in [0.29, 0.717) is 13.0 Å². The predicted molar refractivity (Wildman–Crippen MR) is 74.8 cm³/mol. The molecule has 5 nitrogen and oxygen atoms in total. The number of alkyl halides is 3. The second-order valence-electron chi connectivity index (χ2n) is 4.84. The zero-order chi connectivity index (χ0) is 16.2. The number of amides is 1. The van der Waals surface area contributed by atoms with Gasteiger partial charge in [-0.25, -0.2) is 4.98 Å². The van der Waals surface area contributed by atoms with Crippen LogP contribution in [0.15, 0.2) is 12.3 Å². The number of likely N-dealkylation sites (N-methyl/N-ethyl adjacent to an activating group) is 1. The van der Waals surface area contributed by atoms with E-state index in [1.165, 1.54) is 9.80 Å². The van der Waals surface area contributed by atoms with Crippen molar-refractivity contribution in [2.24, 2.45) is 0 Å². The van der Waals surface area contributed by atoms with Crippen molar-refractivity contribution in [3.05, 3.63) is 18.0 Å². The van der Waals surface area contributed by atoms with Crippen LogP contribution in [0.1, 0.15) is 19.0 Å². The van der Waals surface area contributed by atoms with Gasteiger partial charge in [-0.1, -0.05) is 6.92 Å². The zero-order valence-corrected chi connectivity index (χ0v) is 12.2. The highest BCUT2D eigenvalue weighted by atomic mass is 19.4. The molecule has 0 spiro atoms. The van der Waals surface area contributed by atoms with Crippen molar-refractivity contribution in [2.45, 2.75) is 19.5 Å². The van der Waals surface area contributed by atoms with Crippen LogP contribution < -0.4 is 10.6 Å². The third kappa shape index (κ3) is 4.51. The predicted octanol–water partition coefficient (Wildman–Crippen LogP) is 1.99. The van der Waals surface area contributed by atoms with Gasteiger partial charge in [-0.05, 0) is 12.5 Å². The molecule has 0 aliphatic carbocycles. The highest BCUT2D eigenvalue weighted by Gasteiger charge is 2.33. The fraction of sp³-hybridized carbons (Fsp3) is 0.538. The largest absolute Gasteiger partial charge is 0.433 e. The highest BCUT2D eigenvalue weighted by molar-refractivity contribution is 5.82. The average molecular weight is 304 g/mol. The minimum atomic E-state index is -4.55. The molecule has 118 valence electrons. The van der Waals surface area contributed by atoms with Gasteiger partial charge in [0, 0.05) is 20.6 Å². The molecular formula is C13H19F3N4O. The summed E-state index contributed by atoms with van der Waals surface area (Å²) < 4.78 is 38.2. The molecule has 2 N–H and O–H groups in total. The Hall–Kier alpha value is -1.99. The standard InChI is InChI=1S/C13H19F3N4O/c1-4-5-20(8-12(21)19(2)3)10-6-11(13(14,15)16)18-7-9(10)17/h6-7H,4-5,8,17H2,1-3H3. The first-order chi connectivity index (χ1) is 9.66. The highest BCUT2D eigenvalue weighted by Crippen LogP contribution is 2.32. The fourth-order valence-electron chi connectivity index (χ4n) is 1.74. The Morgan fingerprint density at radius 1 is 1.38 bits per heavy atom. The monoisotopic (exact) mass is 304 g/mol. The summed E-state index contributed by atoms with van der Waals surface area (Å²) in [5, 5.41) is 0. The topological polar surface area (TPSA) is 62.5 Å². The van der Waals surface area contributed by atoms with Crippen molar-refractivity contribution < 1.29 is 18.0 Å². The van der Waals surface area contributed by atoms with E-state index in [9.17, 15) is 18.0 Å². The van der Waals surface area contributed by atoms with Crippen LogP contribution in [0.3, 0.4) is 0 Å². The van der Waals surface area contributed by atoms with Gasteiger partial charge in [0.25, 0.3) is 0 Å². The molecule has 0 radical (unpaired) electrons. The van der Waals surface area contributed by atoms with E-state index in [1.54, 1.807) is 14.1 Å². The molecule has 1 aromatic rings. The number of pyridine rings is 1. The lowest BCUT2D eigenvalue weighted by atomic mass is 10.2. The summed E-state index contributed by atoms with van der Waals surface area (Å²) in [6.45, 7) is 2.26. The minimum absolute atomic E-state index is 0.0354. The molecule has 0 aliphatic rings. The second kappa shape index (κ2) is 6.64. The van der Waals surface area contributed by atoms with Crippen molar-refractivity contribution >= 4 is 17.3 Å². The molecule has 21 heavy (non-hydrogen) atoms. The van der Waals surface area contributed by atoms with Gasteiger partial charge in [0.15, 0.2) is 0 Å². The van der Waals surface area contributed by atoms with Crippen molar-refractivity contribution in [3.8, 4) is 0 Å². The normalized spacial score (nSPS) is 11.3. The number of nitrogens with two attached hydrogens (primary N) is 1. The van der Waals surface area contributed by atoms with Gasteiger partial charge in [-0.2, -0.15) is 13.2 Å². The van der Waals surface area contributed by atoms with E-state index < -0.39 is 11.9 Å². The van der Waals surface area contributed by atoms with E-state index in [4.69, 9.17) is 5.73 Å².